The summed E-state index contributed by atoms with van der Waals surface area (Å²) in [6, 6.07) is 0.535. The molecule has 0 radical (unpaired) electrons. The fourth-order valence-electron chi connectivity index (χ4n) is 1.49. The fraction of sp³-hybridized carbons (Fsp3) is 0.778. The second kappa shape index (κ2) is 4.83. The normalized spacial score (nSPS) is 26.8. The standard InChI is InChI=1S/C9H17NS/c1-3-8(10-4-2)9-6-5-7-11-9/h3,8-10H,1,4-7H2,2H3. The lowest BCUT2D eigenvalue weighted by Crippen LogP contribution is -2.34. The van der Waals surface area contributed by atoms with Crippen molar-refractivity contribution in [3.63, 3.8) is 0 Å². The Kier molecular flexibility index (Phi) is 4.02. The van der Waals surface area contributed by atoms with Gasteiger partial charge in [-0.25, -0.2) is 0 Å². The Bertz CT molecular complexity index is 119. The highest BCUT2D eigenvalue weighted by atomic mass is 32.2. The monoisotopic (exact) mass is 171 g/mol. The van der Waals surface area contributed by atoms with Crippen molar-refractivity contribution in [1.82, 2.24) is 5.32 Å². The second-order valence-corrected chi connectivity index (χ2v) is 4.22. The van der Waals surface area contributed by atoms with Gasteiger partial charge < -0.3 is 5.32 Å². The van der Waals surface area contributed by atoms with Crippen LogP contribution in [0.15, 0.2) is 12.7 Å². The molecule has 0 aromatic heterocycles. The third kappa shape index (κ3) is 2.53. The van der Waals surface area contributed by atoms with E-state index in [4.69, 9.17) is 0 Å². The molecule has 1 aliphatic rings. The molecule has 0 bridgehead atoms. The van der Waals surface area contributed by atoms with Gasteiger partial charge in [-0.05, 0) is 25.1 Å². The summed E-state index contributed by atoms with van der Waals surface area (Å²) in [5.74, 6) is 1.33. The highest BCUT2D eigenvalue weighted by Crippen LogP contribution is 2.28. The van der Waals surface area contributed by atoms with Gasteiger partial charge in [0.05, 0.1) is 0 Å². The summed E-state index contributed by atoms with van der Waals surface area (Å²) in [4.78, 5) is 0. The van der Waals surface area contributed by atoms with Gasteiger partial charge in [0.1, 0.15) is 0 Å². The van der Waals surface area contributed by atoms with Crippen molar-refractivity contribution in [2.75, 3.05) is 12.3 Å². The first-order valence-corrected chi connectivity index (χ1v) is 5.41. The van der Waals surface area contributed by atoms with Gasteiger partial charge in [-0.1, -0.05) is 13.0 Å². The topological polar surface area (TPSA) is 12.0 Å². The Hall–Kier alpha value is 0.0500. The summed E-state index contributed by atoms with van der Waals surface area (Å²) in [5, 5.41) is 4.22. The van der Waals surface area contributed by atoms with Crippen LogP contribution in [0.5, 0.6) is 0 Å². The van der Waals surface area contributed by atoms with E-state index in [2.05, 4.69) is 30.6 Å². The minimum Gasteiger partial charge on any atom is -0.310 e. The number of rotatable bonds is 4. The zero-order valence-corrected chi connectivity index (χ0v) is 7.99. The molecule has 0 saturated carbocycles. The minimum atomic E-state index is 0.535. The van der Waals surface area contributed by atoms with Gasteiger partial charge in [0.25, 0.3) is 0 Å². The number of nitrogens with one attached hydrogen (secondary N) is 1. The molecule has 1 rings (SSSR count). The predicted octanol–water partition coefficient (Wildman–Crippen LogP) is 2.05. The molecule has 64 valence electrons. The summed E-state index contributed by atoms with van der Waals surface area (Å²) in [5.41, 5.74) is 0. The summed E-state index contributed by atoms with van der Waals surface area (Å²) in [6.07, 6.45) is 4.78. The summed E-state index contributed by atoms with van der Waals surface area (Å²) >= 11 is 2.08. The molecule has 1 saturated heterocycles. The molecule has 1 heterocycles. The first-order chi connectivity index (χ1) is 5.38. The van der Waals surface area contributed by atoms with Gasteiger partial charge in [-0.3, -0.25) is 0 Å². The van der Waals surface area contributed by atoms with Gasteiger partial charge in [-0.2, -0.15) is 11.8 Å². The molecule has 1 aliphatic heterocycles. The molecule has 11 heavy (non-hydrogen) atoms. The lowest BCUT2D eigenvalue weighted by molar-refractivity contribution is 0.576. The number of likely N-dealkylation sites (N-methyl/N-ethyl adjacent to an activating group) is 1. The SMILES string of the molecule is C=CC(NCC)C1CCCS1. The van der Waals surface area contributed by atoms with E-state index in [0.717, 1.165) is 11.8 Å². The second-order valence-electron chi connectivity index (χ2n) is 2.87. The van der Waals surface area contributed by atoms with Crippen LogP contribution < -0.4 is 5.32 Å². The third-order valence-corrected chi connectivity index (χ3v) is 3.54. The Morgan fingerprint density at radius 2 is 2.64 bits per heavy atom. The summed E-state index contributed by atoms with van der Waals surface area (Å²) < 4.78 is 0. The average molecular weight is 171 g/mol. The van der Waals surface area contributed by atoms with Crippen LogP contribution in [0.4, 0.5) is 0 Å². The van der Waals surface area contributed by atoms with E-state index >= 15 is 0 Å². The predicted molar refractivity (Wildman–Crippen MR) is 53.1 cm³/mol. The Labute approximate surface area is 73.6 Å². The van der Waals surface area contributed by atoms with Crippen molar-refractivity contribution < 1.29 is 0 Å². The maximum atomic E-state index is 3.85. The third-order valence-electron chi connectivity index (χ3n) is 2.06. The highest BCUT2D eigenvalue weighted by Gasteiger charge is 2.22. The Morgan fingerprint density at radius 3 is 3.09 bits per heavy atom. The maximum absolute atomic E-state index is 3.85. The molecule has 1 fully saturated rings. The number of hydrogen-bond donors (Lipinski definition) is 1. The summed E-state index contributed by atoms with van der Waals surface area (Å²) in [7, 11) is 0. The van der Waals surface area contributed by atoms with E-state index in [0.29, 0.717) is 6.04 Å². The lowest BCUT2D eigenvalue weighted by atomic mass is 10.1. The zero-order chi connectivity index (χ0) is 8.10. The largest absolute Gasteiger partial charge is 0.310 e. The highest BCUT2D eigenvalue weighted by molar-refractivity contribution is 8.00. The molecule has 0 aromatic carbocycles. The number of thioether (sulfide) groups is 1. The zero-order valence-electron chi connectivity index (χ0n) is 7.18. The van der Waals surface area contributed by atoms with Gasteiger partial charge in [-0.15, -0.1) is 6.58 Å². The van der Waals surface area contributed by atoms with Gasteiger partial charge >= 0.3 is 0 Å². The van der Waals surface area contributed by atoms with E-state index in [1.165, 1.54) is 18.6 Å². The van der Waals surface area contributed by atoms with Crippen LogP contribution in [0.2, 0.25) is 0 Å². The molecule has 1 nitrogen and oxygen atoms in total. The first-order valence-electron chi connectivity index (χ1n) is 4.36. The molecule has 0 amide bonds. The number of hydrogen-bond acceptors (Lipinski definition) is 2. The van der Waals surface area contributed by atoms with E-state index < -0.39 is 0 Å². The van der Waals surface area contributed by atoms with Crippen molar-refractivity contribution in [1.29, 1.82) is 0 Å². The van der Waals surface area contributed by atoms with Crippen LogP contribution in [0, 0.1) is 0 Å². The Morgan fingerprint density at radius 1 is 1.82 bits per heavy atom. The van der Waals surface area contributed by atoms with Crippen molar-refractivity contribution in [2.24, 2.45) is 0 Å². The molecule has 2 heteroatoms. The van der Waals surface area contributed by atoms with Crippen molar-refractivity contribution in [2.45, 2.75) is 31.1 Å². The van der Waals surface area contributed by atoms with E-state index in [9.17, 15) is 0 Å². The first kappa shape index (κ1) is 9.14. The van der Waals surface area contributed by atoms with Crippen molar-refractivity contribution >= 4 is 11.8 Å². The molecule has 2 unspecified atom stereocenters. The summed E-state index contributed by atoms with van der Waals surface area (Å²) in [6.45, 7) is 7.05. The average Bonchev–Trinajstić information content (AvgIpc) is 2.52. The fourth-order valence-corrected chi connectivity index (χ4v) is 2.87. The minimum absolute atomic E-state index is 0.535. The van der Waals surface area contributed by atoms with Crippen LogP contribution in [0.3, 0.4) is 0 Å². The maximum Gasteiger partial charge on any atom is 0.0367 e. The van der Waals surface area contributed by atoms with Crippen molar-refractivity contribution in [3.8, 4) is 0 Å². The molecular weight excluding hydrogens is 154 g/mol. The Balaban J connectivity index is 2.33. The molecule has 2 atom stereocenters. The van der Waals surface area contributed by atoms with Crippen LogP contribution in [-0.4, -0.2) is 23.6 Å². The molecule has 0 spiro atoms. The quantitative estimate of drug-likeness (QED) is 0.650. The van der Waals surface area contributed by atoms with Gasteiger partial charge in [0.2, 0.25) is 0 Å². The molecule has 0 aliphatic carbocycles. The van der Waals surface area contributed by atoms with Crippen LogP contribution in [0.25, 0.3) is 0 Å². The van der Waals surface area contributed by atoms with Gasteiger partial charge in [0.15, 0.2) is 0 Å². The molecular formula is C9H17NS. The van der Waals surface area contributed by atoms with E-state index in [1.54, 1.807) is 0 Å². The van der Waals surface area contributed by atoms with Crippen molar-refractivity contribution in [3.05, 3.63) is 12.7 Å². The smallest absolute Gasteiger partial charge is 0.0367 e. The van der Waals surface area contributed by atoms with Crippen LogP contribution in [-0.2, 0) is 0 Å². The van der Waals surface area contributed by atoms with E-state index in [-0.39, 0.29) is 0 Å². The lowest BCUT2D eigenvalue weighted by Gasteiger charge is -2.19. The molecule has 1 N–H and O–H groups in total. The van der Waals surface area contributed by atoms with E-state index in [1.807, 2.05) is 6.08 Å². The van der Waals surface area contributed by atoms with Crippen LogP contribution >= 0.6 is 11.8 Å². The van der Waals surface area contributed by atoms with Crippen LogP contribution in [0.1, 0.15) is 19.8 Å². The molecule has 0 aromatic rings. The van der Waals surface area contributed by atoms with Gasteiger partial charge in [0, 0.05) is 11.3 Å².